The fraction of sp³-hybridized carbons (Fsp3) is 0.421. The molecule has 9 nitrogen and oxygen atoms in total. The van der Waals surface area contributed by atoms with Gasteiger partial charge in [-0.2, -0.15) is 14.4 Å². The van der Waals surface area contributed by atoms with Gasteiger partial charge < -0.3 is 9.26 Å². The number of nitrogens with zero attached hydrogens (tertiary/aromatic N) is 5. The summed E-state index contributed by atoms with van der Waals surface area (Å²) in [5.41, 5.74) is 2.94. The molecular weight excluding hydrogens is 394 g/mol. The van der Waals surface area contributed by atoms with Crippen molar-refractivity contribution in [2.45, 2.75) is 32.2 Å². The Kier molecular flexibility index (Phi) is 5.24. The lowest BCUT2D eigenvalue weighted by Crippen LogP contribution is -2.41. The van der Waals surface area contributed by atoms with Crippen LogP contribution in [-0.2, 0) is 21.3 Å². The first-order valence-corrected chi connectivity index (χ1v) is 10.8. The zero-order valence-electron chi connectivity index (χ0n) is 16.6. The molecule has 0 atom stereocenters. The summed E-state index contributed by atoms with van der Waals surface area (Å²) >= 11 is 0. The van der Waals surface area contributed by atoms with Crippen molar-refractivity contribution >= 4 is 10.0 Å². The molecule has 1 aliphatic heterocycles. The molecule has 29 heavy (non-hydrogen) atoms. The first-order valence-electron chi connectivity index (χ1n) is 9.38. The molecule has 1 saturated heterocycles. The molecule has 1 fully saturated rings. The number of rotatable bonds is 5. The van der Waals surface area contributed by atoms with E-state index in [-0.39, 0.29) is 11.4 Å². The molecule has 2 aromatic heterocycles. The molecule has 0 aliphatic carbocycles. The van der Waals surface area contributed by atoms with E-state index >= 15 is 0 Å². The highest BCUT2D eigenvalue weighted by Crippen LogP contribution is 2.25. The van der Waals surface area contributed by atoms with E-state index < -0.39 is 10.0 Å². The van der Waals surface area contributed by atoms with Gasteiger partial charge in [0.25, 0.3) is 0 Å². The van der Waals surface area contributed by atoms with E-state index in [9.17, 15) is 8.42 Å². The number of hydrogen-bond donors (Lipinski definition) is 0. The van der Waals surface area contributed by atoms with Crippen LogP contribution in [-0.4, -0.2) is 58.9 Å². The molecule has 0 unspecified atom stereocenters. The van der Waals surface area contributed by atoms with Crippen LogP contribution in [0.5, 0.6) is 0 Å². The summed E-state index contributed by atoms with van der Waals surface area (Å²) in [5, 5.41) is 8.47. The van der Waals surface area contributed by atoms with Gasteiger partial charge in [-0.1, -0.05) is 29.4 Å². The van der Waals surface area contributed by atoms with Crippen molar-refractivity contribution in [2.24, 2.45) is 0 Å². The predicted octanol–water partition coefficient (Wildman–Crippen LogP) is 1.93. The monoisotopic (exact) mass is 417 g/mol. The Morgan fingerprint density at radius 1 is 1.10 bits per heavy atom. The van der Waals surface area contributed by atoms with Crippen LogP contribution >= 0.6 is 0 Å². The predicted molar refractivity (Wildman–Crippen MR) is 105 cm³/mol. The smallest absolute Gasteiger partial charge is 0.248 e. The van der Waals surface area contributed by atoms with E-state index in [0.717, 1.165) is 11.1 Å². The second kappa shape index (κ2) is 7.69. The molecule has 3 aromatic rings. The average Bonchev–Trinajstić information content (AvgIpc) is 3.27. The Labute approximate surface area is 169 Å². The lowest BCUT2D eigenvalue weighted by Gasteiger charge is -2.26. The Balaban J connectivity index is 1.61. The number of hydrogen-bond acceptors (Lipinski definition) is 7. The highest BCUT2D eigenvalue weighted by atomic mass is 32.2. The van der Waals surface area contributed by atoms with Crippen LogP contribution in [0.1, 0.15) is 22.8 Å². The summed E-state index contributed by atoms with van der Waals surface area (Å²) in [6.07, 6.45) is 0. The van der Waals surface area contributed by atoms with Crippen molar-refractivity contribution in [3.8, 4) is 11.4 Å². The second-order valence-electron chi connectivity index (χ2n) is 7.00. The maximum atomic E-state index is 13.1. The zero-order chi connectivity index (χ0) is 20.6. The molecule has 3 heterocycles. The molecule has 1 aliphatic rings. The lowest BCUT2D eigenvalue weighted by atomic mass is 10.1. The van der Waals surface area contributed by atoms with Crippen LogP contribution in [0.3, 0.4) is 0 Å². The van der Waals surface area contributed by atoms with Crippen molar-refractivity contribution in [3.05, 3.63) is 47.1 Å². The van der Waals surface area contributed by atoms with Gasteiger partial charge in [-0.05, 0) is 26.3 Å². The molecule has 4 rings (SSSR count). The summed E-state index contributed by atoms with van der Waals surface area (Å²) in [6.45, 7) is 7.10. The minimum absolute atomic E-state index is 0.199. The van der Waals surface area contributed by atoms with Gasteiger partial charge in [0.15, 0.2) is 0 Å². The van der Waals surface area contributed by atoms with Crippen molar-refractivity contribution < 1.29 is 17.7 Å². The van der Waals surface area contributed by atoms with Crippen LogP contribution in [0, 0.1) is 20.8 Å². The fourth-order valence-corrected chi connectivity index (χ4v) is 5.29. The molecular formula is C19H23N5O4S. The van der Waals surface area contributed by atoms with E-state index in [0.29, 0.717) is 49.4 Å². The van der Waals surface area contributed by atoms with E-state index in [1.54, 1.807) is 18.5 Å². The van der Waals surface area contributed by atoms with Gasteiger partial charge in [0.2, 0.25) is 21.7 Å². The maximum Gasteiger partial charge on any atom is 0.248 e. The van der Waals surface area contributed by atoms with Gasteiger partial charge in [0.05, 0.1) is 24.6 Å². The Hall–Kier alpha value is -2.56. The van der Waals surface area contributed by atoms with E-state index in [1.165, 1.54) is 4.31 Å². The van der Waals surface area contributed by atoms with E-state index in [4.69, 9.17) is 9.26 Å². The molecule has 0 spiro atoms. The SMILES string of the molecule is Cc1ccccc1-c1noc(Cn2nc(C)c(S(=O)(=O)N3CCOCC3)c2C)n1. The Bertz CT molecular complexity index is 1130. The van der Waals surface area contributed by atoms with Crippen LogP contribution in [0.15, 0.2) is 33.7 Å². The van der Waals surface area contributed by atoms with E-state index in [1.807, 2.05) is 31.2 Å². The van der Waals surface area contributed by atoms with E-state index in [2.05, 4.69) is 15.2 Å². The summed E-state index contributed by atoms with van der Waals surface area (Å²) in [5.74, 6) is 0.866. The van der Waals surface area contributed by atoms with Crippen molar-refractivity contribution in [1.82, 2.24) is 24.2 Å². The Morgan fingerprint density at radius 2 is 1.83 bits per heavy atom. The summed E-state index contributed by atoms with van der Waals surface area (Å²) in [7, 11) is -3.63. The number of sulfonamides is 1. The van der Waals surface area contributed by atoms with Gasteiger partial charge in [-0.25, -0.2) is 8.42 Å². The molecule has 0 saturated carbocycles. The summed E-state index contributed by atoms with van der Waals surface area (Å²) in [6, 6.07) is 7.78. The fourth-order valence-electron chi connectivity index (χ4n) is 3.50. The van der Waals surface area contributed by atoms with Crippen LogP contribution in [0.25, 0.3) is 11.4 Å². The van der Waals surface area contributed by atoms with Crippen LogP contribution in [0.4, 0.5) is 0 Å². The summed E-state index contributed by atoms with van der Waals surface area (Å²) < 4.78 is 39.9. The average molecular weight is 417 g/mol. The molecule has 0 bridgehead atoms. The second-order valence-corrected chi connectivity index (χ2v) is 8.88. The molecule has 10 heteroatoms. The largest absolute Gasteiger partial charge is 0.379 e. The molecule has 0 N–H and O–H groups in total. The van der Waals surface area contributed by atoms with Gasteiger partial charge in [0, 0.05) is 18.7 Å². The number of aryl methyl sites for hydroxylation is 2. The third-order valence-electron chi connectivity index (χ3n) is 5.02. The quantitative estimate of drug-likeness (QED) is 0.625. The molecule has 0 radical (unpaired) electrons. The molecule has 0 amide bonds. The third-order valence-corrected chi connectivity index (χ3v) is 7.17. The van der Waals surface area contributed by atoms with Crippen LogP contribution < -0.4 is 0 Å². The van der Waals surface area contributed by atoms with Gasteiger partial charge in [0.1, 0.15) is 11.4 Å². The highest BCUT2D eigenvalue weighted by molar-refractivity contribution is 7.89. The number of benzene rings is 1. The summed E-state index contributed by atoms with van der Waals surface area (Å²) in [4.78, 5) is 4.69. The normalized spacial score (nSPS) is 15.7. The highest BCUT2D eigenvalue weighted by Gasteiger charge is 2.32. The lowest BCUT2D eigenvalue weighted by molar-refractivity contribution is 0.0730. The zero-order valence-corrected chi connectivity index (χ0v) is 17.4. The molecule has 154 valence electrons. The third kappa shape index (κ3) is 3.70. The van der Waals surface area contributed by atoms with Gasteiger partial charge >= 0.3 is 0 Å². The Morgan fingerprint density at radius 3 is 2.55 bits per heavy atom. The minimum atomic E-state index is -3.63. The van der Waals surface area contributed by atoms with Crippen molar-refractivity contribution in [1.29, 1.82) is 0 Å². The van der Waals surface area contributed by atoms with Gasteiger partial charge in [-0.3, -0.25) is 4.68 Å². The number of ether oxygens (including phenoxy) is 1. The van der Waals surface area contributed by atoms with Crippen molar-refractivity contribution in [2.75, 3.05) is 26.3 Å². The minimum Gasteiger partial charge on any atom is -0.379 e. The van der Waals surface area contributed by atoms with Crippen LogP contribution in [0.2, 0.25) is 0 Å². The van der Waals surface area contributed by atoms with Gasteiger partial charge in [-0.15, -0.1) is 0 Å². The standard InChI is InChI=1S/C19H23N5O4S/c1-13-6-4-5-7-16(13)19-20-17(28-22-19)12-24-15(3)18(14(2)21-24)29(25,26)23-8-10-27-11-9-23/h4-7H,8-12H2,1-3H3. The number of morpholine rings is 1. The maximum absolute atomic E-state index is 13.1. The van der Waals surface area contributed by atoms with Crippen molar-refractivity contribution in [3.63, 3.8) is 0 Å². The first-order chi connectivity index (χ1) is 13.9. The molecule has 1 aromatic carbocycles. The number of aromatic nitrogens is 4. The first kappa shape index (κ1) is 19.7. The topological polar surface area (TPSA) is 103 Å².